The lowest BCUT2D eigenvalue weighted by atomic mass is 10.0. The zero-order chi connectivity index (χ0) is 21.4. The van der Waals surface area contributed by atoms with Gasteiger partial charge in [0.15, 0.2) is 5.11 Å². The topological polar surface area (TPSA) is 53.3 Å². The lowest BCUT2D eigenvalue weighted by Gasteiger charge is -2.29. The minimum Gasteiger partial charge on any atom is -0.508 e. The van der Waals surface area contributed by atoms with Gasteiger partial charge in [-0.1, -0.05) is 18.2 Å². The van der Waals surface area contributed by atoms with Crippen molar-refractivity contribution >= 4 is 23.0 Å². The fraction of sp³-hybridized carbons (Fsp3) is 0.0833. The summed E-state index contributed by atoms with van der Waals surface area (Å²) in [5.41, 5.74) is 3.01. The molecule has 2 aromatic heterocycles. The van der Waals surface area contributed by atoms with Crippen LogP contribution in [0.4, 0.5) is 10.1 Å². The number of benzene rings is 2. The Morgan fingerprint density at radius 2 is 1.71 bits per heavy atom. The zero-order valence-corrected chi connectivity index (χ0v) is 17.2. The first-order valence-electron chi connectivity index (χ1n) is 9.85. The van der Waals surface area contributed by atoms with Crippen molar-refractivity contribution in [2.45, 2.75) is 12.1 Å². The second-order valence-electron chi connectivity index (χ2n) is 7.27. The first-order chi connectivity index (χ1) is 15.1. The molecule has 5 nitrogen and oxygen atoms in total. The van der Waals surface area contributed by atoms with Crippen LogP contribution in [-0.2, 0) is 0 Å². The van der Waals surface area contributed by atoms with Gasteiger partial charge >= 0.3 is 0 Å². The first kappa shape index (κ1) is 19.3. The maximum atomic E-state index is 14.8. The third kappa shape index (κ3) is 3.43. The summed E-state index contributed by atoms with van der Waals surface area (Å²) in [5.74, 6) is -0.151. The molecule has 3 heterocycles. The molecule has 0 unspecified atom stereocenters. The summed E-state index contributed by atoms with van der Waals surface area (Å²) in [6.07, 6.45) is 3.68. The van der Waals surface area contributed by atoms with E-state index in [1.54, 1.807) is 36.5 Å². The van der Waals surface area contributed by atoms with Crippen LogP contribution in [0.1, 0.15) is 23.5 Å². The number of hydrogen-bond acceptors (Lipinski definition) is 3. The normalized spacial score (nSPS) is 18.2. The van der Waals surface area contributed by atoms with E-state index in [1.165, 1.54) is 6.07 Å². The maximum absolute atomic E-state index is 14.8. The predicted molar refractivity (Wildman–Crippen MR) is 122 cm³/mol. The molecule has 0 amide bonds. The molecule has 154 valence electrons. The molecule has 0 radical (unpaired) electrons. The minimum atomic E-state index is -0.346. The number of phenolic OH excluding ortho intramolecular Hbond substituents is 1. The fourth-order valence-corrected chi connectivity index (χ4v) is 4.38. The number of halogens is 1. The summed E-state index contributed by atoms with van der Waals surface area (Å²) in [6, 6.07) is 22.6. The van der Waals surface area contributed by atoms with Crippen LogP contribution in [0.25, 0.3) is 5.69 Å². The number of thiocarbonyl (C=S) groups is 1. The van der Waals surface area contributed by atoms with E-state index in [-0.39, 0.29) is 23.7 Å². The highest BCUT2D eigenvalue weighted by Crippen LogP contribution is 2.42. The Morgan fingerprint density at radius 1 is 0.935 bits per heavy atom. The Bertz CT molecular complexity index is 1230. The molecule has 1 saturated heterocycles. The van der Waals surface area contributed by atoms with Crippen LogP contribution in [-0.4, -0.2) is 19.8 Å². The maximum Gasteiger partial charge on any atom is 0.174 e. The number of nitrogens with zero attached hydrogens (tertiary/aromatic N) is 3. The molecular formula is C24H19FN4OS. The number of hydrogen-bond donors (Lipinski definition) is 2. The Kier molecular flexibility index (Phi) is 4.88. The molecule has 1 aliphatic heterocycles. The quantitative estimate of drug-likeness (QED) is 0.452. The van der Waals surface area contributed by atoms with Gasteiger partial charge in [0.05, 0.1) is 17.4 Å². The summed E-state index contributed by atoms with van der Waals surface area (Å²) in [6.45, 7) is 0. The van der Waals surface area contributed by atoms with Gasteiger partial charge in [0, 0.05) is 23.8 Å². The fourth-order valence-electron chi connectivity index (χ4n) is 4.05. The minimum absolute atomic E-state index is 0.195. The van der Waals surface area contributed by atoms with E-state index in [0.717, 1.165) is 17.1 Å². The van der Waals surface area contributed by atoms with Crippen LogP contribution < -0.4 is 10.2 Å². The second kappa shape index (κ2) is 7.85. The van der Waals surface area contributed by atoms with Crippen molar-refractivity contribution in [3.63, 3.8) is 0 Å². The third-order valence-corrected chi connectivity index (χ3v) is 5.74. The van der Waals surface area contributed by atoms with Crippen LogP contribution in [0.15, 0.2) is 91.3 Å². The van der Waals surface area contributed by atoms with E-state index in [1.807, 2.05) is 58.1 Å². The van der Waals surface area contributed by atoms with Gasteiger partial charge < -0.3 is 19.9 Å². The summed E-state index contributed by atoms with van der Waals surface area (Å²) in [7, 11) is 0. The van der Waals surface area contributed by atoms with Crippen molar-refractivity contribution in [3.8, 4) is 11.4 Å². The van der Waals surface area contributed by atoms with Gasteiger partial charge in [0.25, 0.3) is 0 Å². The summed E-state index contributed by atoms with van der Waals surface area (Å²) in [5, 5.41) is 13.5. The largest absolute Gasteiger partial charge is 0.508 e. The van der Waals surface area contributed by atoms with E-state index in [9.17, 15) is 9.50 Å². The number of rotatable bonds is 4. The van der Waals surface area contributed by atoms with E-state index in [4.69, 9.17) is 12.2 Å². The molecule has 1 fully saturated rings. The average Bonchev–Trinajstić information content (AvgIpc) is 3.40. The van der Waals surface area contributed by atoms with E-state index < -0.39 is 0 Å². The number of aromatic nitrogens is 2. The van der Waals surface area contributed by atoms with Gasteiger partial charge in [-0.05, 0) is 72.9 Å². The van der Waals surface area contributed by atoms with Gasteiger partial charge in [-0.2, -0.15) is 0 Å². The number of phenols is 1. The summed E-state index contributed by atoms with van der Waals surface area (Å²) >= 11 is 5.67. The highest BCUT2D eigenvalue weighted by atomic mass is 32.1. The molecule has 4 aromatic rings. The van der Waals surface area contributed by atoms with Gasteiger partial charge in [-0.25, -0.2) is 4.39 Å². The Labute approximate surface area is 184 Å². The molecule has 5 rings (SSSR count). The summed E-state index contributed by atoms with van der Waals surface area (Å²) in [4.78, 5) is 6.35. The molecule has 0 spiro atoms. The van der Waals surface area contributed by atoms with Crippen molar-refractivity contribution in [1.29, 1.82) is 0 Å². The highest BCUT2D eigenvalue weighted by Gasteiger charge is 2.42. The molecule has 0 saturated carbocycles. The lowest BCUT2D eigenvalue weighted by molar-refractivity contribution is 0.475. The molecule has 31 heavy (non-hydrogen) atoms. The standard InChI is InChI=1S/C24H19FN4OS/c25-18-6-1-2-8-20(18)29-23(22(27-24(29)31)19-7-3-4-14-26-19)21-9-5-15-28(21)16-10-12-17(30)13-11-16/h1-15,22-23,30H,(H,27,31)/t22-,23-/m1/s1. The molecule has 1 aliphatic rings. The highest BCUT2D eigenvalue weighted by molar-refractivity contribution is 7.80. The lowest BCUT2D eigenvalue weighted by Crippen LogP contribution is -2.31. The molecule has 2 atom stereocenters. The van der Waals surface area contributed by atoms with Crippen LogP contribution in [0.3, 0.4) is 0 Å². The smallest absolute Gasteiger partial charge is 0.174 e. The molecule has 0 bridgehead atoms. The van der Waals surface area contributed by atoms with E-state index >= 15 is 0 Å². The Morgan fingerprint density at radius 3 is 2.45 bits per heavy atom. The van der Waals surface area contributed by atoms with Crippen LogP contribution in [0, 0.1) is 5.82 Å². The molecular weight excluding hydrogens is 411 g/mol. The van der Waals surface area contributed by atoms with Gasteiger partial charge in [0.2, 0.25) is 0 Å². The molecule has 2 N–H and O–H groups in total. The van der Waals surface area contributed by atoms with Crippen molar-refractivity contribution in [1.82, 2.24) is 14.9 Å². The van der Waals surface area contributed by atoms with Crippen LogP contribution >= 0.6 is 12.2 Å². The van der Waals surface area contributed by atoms with Crippen molar-refractivity contribution in [3.05, 3.63) is 108 Å². The van der Waals surface area contributed by atoms with E-state index in [2.05, 4.69) is 10.3 Å². The van der Waals surface area contributed by atoms with Gasteiger partial charge in [-0.15, -0.1) is 0 Å². The van der Waals surface area contributed by atoms with Crippen LogP contribution in [0.5, 0.6) is 5.75 Å². The number of pyridine rings is 1. The first-order valence-corrected chi connectivity index (χ1v) is 10.3. The molecule has 0 aliphatic carbocycles. The zero-order valence-electron chi connectivity index (χ0n) is 16.4. The summed E-state index contributed by atoms with van der Waals surface area (Å²) < 4.78 is 16.9. The number of para-hydroxylation sites is 1. The van der Waals surface area contributed by atoms with Crippen LogP contribution in [0.2, 0.25) is 0 Å². The van der Waals surface area contributed by atoms with Crippen molar-refractivity contribution in [2.75, 3.05) is 4.90 Å². The molecule has 2 aromatic carbocycles. The molecule has 7 heteroatoms. The predicted octanol–water partition coefficient (Wildman–Crippen LogP) is 4.89. The average molecular weight is 431 g/mol. The Hall–Kier alpha value is -3.71. The van der Waals surface area contributed by atoms with Crippen molar-refractivity contribution < 1.29 is 9.50 Å². The second-order valence-corrected chi connectivity index (χ2v) is 7.65. The Balaban J connectivity index is 1.68. The van der Waals surface area contributed by atoms with Gasteiger partial charge in [-0.3, -0.25) is 4.98 Å². The number of aromatic hydroxyl groups is 1. The van der Waals surface area contributed by atoms with Crippen molar-refractivity contribution in [2.24, 2.45) is 0 Å². The van der Waals surface area contributed by atoms with E-state index in [0.29, 0.717) is 10.8 Å². The third-order valence-electron chi connectivity index (χ3n) is 5.42. The SMILES string of the molecule is Oc1ccc(-n2cccc2[C@@H]2[C@@H](c3ccccn3)NC(=S)N2c2ccccc2F)cc1. The monoisotopic (exact) mass is 430 g/mol. The number of nitrogens with one attached hydrogen (secondary N) is 1. The number of anilines is 1. The van der Waals surface area contributed by atoms with Gasteiger partial charge in [0.1, 0.15) is 17.6 Å².